The predicted octanol–water partition coefficient (Wildman–Crippen LogP) is 0.314. The van der Waals surface area contributed by atoms with E-state index in [0.29, 0.717) is 11.6 Å². The van der Waals surface area contributed by atoms with Crippen molar-refractivity contribution in [2.45, 2.75) is 26.1 Å². The first kappa shape index (κ1) is 18.0. The quantitative estimate of drug-likeness (QED) is 0.776. The first-order valence-electron chi connectivity index (χ1n) is 8.64. The number of hydrogen-bond donors (Lipinski definition) is 1. The van der Waals surface area contributed by atoms with E-state index in [9.17, 15) is 9.59 Å². The van der Waals surface area contributed by atoms with Gasteiger partial charge in [-0.2, -0.15) is 0 Å². The van der Waals surface area contributed by atoms with E-state index in [-0.39, 0.29) is 5.91 Å². The van der Waals surface area contributed by atoms with Crippen molar-refractivity contribution in [1.29, 1.82) is 0 Å². The molecule has 8 nitrogen and oxygen atoms in total. The highest BCUT2D eigenvalue weighted by Gasteiger charge is 2.49. The van der Waals surface area contributed by atoms with Gasteiger partial charge in [0.1, 0.15) is 0 Å². The average molecular weight is 369 g/mol. The van der Waals surface area contributed by atoms with Crippen LogP contribution in [0.25, 0.3) is 0 Å². The molecule has 0 aliphatic carbocycles. The Hall–Kier alpha value is -1.80. The summed E-state index contributed by atoms with van der Waals surface area (Å²) in [4.78, 5) is 37.2. The van der Waals surface area contributed by atoms with Crippen LogP contribution in [0.4, 0.5) is 4.79 Å². The van der Waals surface area contributed by atoms with E-state index in [1.165, 1.54) is 4.90 Å². The second-order valence-electron chi connectivity index (χ2n) is 6.56. The fourth-order valence-electron chi connectivity index (χ4n) is 3.46. The van der Waals surface area contributed by atoms with E-state index >= 15 is 0 Å². The summed E-state index contributed by atoms with van der Waals surface area (Å²) in [5, 5.41) is 3.08. The summed E-state index contributed by atoms with van der Waals surface area (Å²) in [6, 6.07) is -0.926. The van der Waals surface area contributed by atoms with Crippen LogP contribution < -0.4 is 5.32 Å². The van der Waals surface area contributed by atoms with Gasteiger partial charge in [-0.1, -0.05) is 24.6 Å². The number of nitrogens with zero attached hydrogens (tertiary/aromatic N) is 5. The van der Waals surface area contributed by atoms with Crippen molar-refractivity contribution in [3.63, 3.8) is 0 Å². The van der Waals surface area contributed by atoms with Gasteiger partial charge in [-0.15, -0.1) is 0 Å². The summed E-state index contributed by atoms with van der Waals surface area (Å²) in [7, 11) is 1.67. The second-order valence-corrected chi connectivity index (χ2v) is 7.15. The molecule has 3 rings (SSSR count). The van der Waals surface area contributed by atoms with Gasteiger partial charge in [-0.05, 0) is 13.5 Å². The van der Waals surface area contributed by atoms with Crippen LogP contribution in [-0.2, 0) is 4.79 Å². The van der Waals surface area contributed by atoms with Gasteiger partial charge in [-0.3, -0.25) is 10.1 Å². The summed E-state index contributed by atoms with van der Waals surface area (Å²) < 4.78 is 0. The largest absolute Gasteiger partial charge is 0.340 e. The Morgan fingerprint density at radius 2 is 2.00 bits per heavy atom. The molecule has 1 N–H and O–H groups in total. The van der Waals surface area contributed by atoms with Crippen molar-refractivity contribution < 1.29 is 9.59 Å². The smallest absolute Gasteiger partial charge is 0.325 e. The lowest BCUT2D eigenvalue weighted by atomic mass is 10.1. The van der Waals surface area contributed by atoms with E-state index in [1.807, 2.05) is 17.9 Å². The van der Waals surface area contributed by atoms with Gasteiger partial charge in [0.2, 0.25) is 0 Å². The zero-order chi connectivity index (χ0) is 18.1. The molecular formula is C16H25ClN6O2. The molecule has 0 spiro atoms. The Bertz CT molecular complexity index is 610. The van der Waals surface area contributed by atoms with Gasteiger partial charge >= 0.3 is 6.03 Å². The number of rotatable bonds is 3. The molecule has 138 valence electrons. The third-order valence-corrected chi connectivity index (χ3v) is 5.16. The highest BCUT2D eigenvalue weighted by atomic mass is 35.5. The maximum atomic E-state index is 12.5. The fourth-order valence-corrected chi connectivity index (χ4v) is 3.53. The van der Waals surface area contributed by atoms with Gasteiger partial charge in [0, 0.05) is 44.8 Å². The molecule has 0 bridgehead atoms. The number of aliphatic imine (C=N–C) groups is 1. The van der Waals surface area contributed by atoms with Crippen LogP contribution in [0.15, 0.2) is 16.1 Å². The second kappa shape index (κ2) is 7.21. The lowest BCUT2D eigenvalue weighted by Gasteiger charge is -2.40. The van der Waals surface area contributed by atoms with Crippen molar-refractivity contribution in [1.82, 2.24) is 24.9 Å². The third-order valence-electron chi connectivity index (χ3n) is 5.01. The number of piperazine rings is 1. The van der Waals surface area contributed by atoms with E-state index in [4.69, 9.17) is 16.6 Å². The third kappa shape index (κ3) is 3.46. The number of carbonyl (C=O) groups is 2. The summed E-state index contributed by atoms with van der Waals surface area (Å²) in [5.74, 6) is 0.469. The Morgan fingerprint density at radius 1 is 1.32 bits per heavy atom. The number of carbonyl (C=O) groups excluding carboxylic acids is 2. The van der Waals surface area contributed by atoms with Gasteiger partial charge < -0.3 is 19.6 Å². The summed E-state index contributed by atoms with van der Waals surface area (Å²) >= 11 is 6.00. The van der Waals surface area contributed by atoms with Gasteiger partial charge in [-0.25, -0.2) is 9.79 Å². The number of urea groups is 1. The highest BCUT2D eigenvalue weighted by Crippen LogP contribution is 2.26. The highest BCUT2D eigenvalue weighted by molar-refractivity contribution is 6.29. The number of halogens is 1. The van der Waals surface area contributed by atoms with Gasteiger partial charge in [0.15, 0.2) is 18.2 Å². The SMILES string of the molecule is CCN1CCN(C2=NC3C(C(=O)NC(=O)N3C)N2C/C=C(/C)Cl)CC1. The summed E-state index contributed by atoms with van der Waals surface area (Å²) in [6.45, 7) is 9.11. The van der Waals surface area contributed by atoms with Crippen LogP contribution >= 0.6 is 11.6 Å². The number of likely N-dealkylation sites (N-methyl/N-ethyl adjacent to an activating group) is 2. The van der Waals surface area contributed by atoms with Crippen LogP contribution in [0, 0.1) is 0 Å². The van der Waals surface area contributed by atoms with E-state index in [2.05, 4.69) is 22.0 Å². The summed E-state index contributed by atoms with van der Waals surface area (Å²) in [5.41, 5.74) is 0. The molecule has 0 aromatic rings. The molecule has 9 heteroatoms. The number of amides is 3. The zero-order valence-electron chi connectivity index (χ0n) is 14.9. The average Bonchev–Trinajstić information content (AvgIpc) is 2.98. The van der Waals surface area contributed by atoms with Gasteiger partial charge in [0.25, 0.3) is 5.91 Å². The van der Waals surface area contributed by atoms with Crippen LogP contribution in [0.2, 0.25) is 0 Å². The molecule has 2 atom stereocenters. The summed E-state index contributed by atoms with van der Waals surface area (Å²) in [6.07, 6.45) is 1.37. The number of hydrogen-bond acceptors (Lipinski definition) is 6. The van der Waals surface area contributed by atoms with Crippen molar-refractivity contribution in [2.75, 3.05) is 46.3 Å². The van der Waals surface area contributed by atoms with Crippen LogP contribution in [-0.4, -0.2) is 96.0 Å². The Morgan fingerprint density at radius 3 is 2.60 bits per heavy atom. The van der Waals surface area contributed by atoms with Crippen LogP contribution in [0.5, 0.6) is 0 Å². The van der Waals surface area contributed by atoms with Crippen molar-refractivity contribution in [3.05, 3.63) is 11.1 Å². The van der Waals surface area contributed by atoms with Gasteiger partial charge in [0.05, 0.1) is 0 Å². The normalized spacial score (nSPS) is 28.2. The van der Waals surface area contributed by atoms with Crippen LogP contribution in [0.1, 0.15) is 13.8 Å². The number of imide groups is 1. The zero-order valence-corrected chi connectivity index (χ0v) is 15.7. The molecule has 0 radical (unpaired) electrons. The minimum absolute atomic E-state index is 0.306. The minimum atomic E-state index is -0.519. The maximum absolute atomic E-state index is 12.5. The number of nitrogens with one attached hydrogen (secondary N) is 1. The number of allylic oxidation sites excluding steroid dienone is 1. The monoisotopic (exact) mass is 368 g/mol. The topological polar surface area (TPSA) is 71.5 Å². The molecule has 3 heterocycles. The molecule has 2 unspecified atom stereocenters. The lowest BCUT2D eigenvalue weighted by molar-refractivity contribution is -0.127. The molecule has 3 aliphatic heterocycles. The molecular weight excluding hydrogens is 344 g/mol. The first-order chi connectivity index (χ1) is 11.9. The number of fused-ring (bicyclic) bond motifs is 1. The standard InChI is InChI=1S/C16H25ClN6O2/c1-4-21-7-9-22(10-8-21)15-18-13-12(23(15)6-5-11(2)17)14(24)19-16(25)20(13)3/h5,12-13H,4,6-10H2,1-3H3,(H,19,24,25)/b11-5-. The predicted molar refractivity (Wildman–Crippen MR) is 96.3 cm³/mol. The molecule has 3 amide bonds. The van der Waals surface area contributed by atoms with E-state index in [1.54, 1.807) is 7.05 Å². The lowest BCUT2D eigenvalue weighted by Crippen LogP contribution is -2.64. The molecule has 0 saturated carbocycles. The minimum Gasteiger partial charge on any atom is -0.340 e. The first-order valence-corrected chi connectivity index (χ1v) is 9.01. The Labute approximate surface area is 153 Å². The van der Waals surface area contributed by atoms with E-state index < -0.39 is 18.2 Å². The Kier molecular flexibility index (Phi) is 5.19. The van der Waals surface area contributed by atoms with Crippen molar-refractivity contribution in [3.8, 4) is 0 Å². The molecule has 2 fully saturated rings. The van der Waals surface area contributed by atoms with E-state index in [0.717, 1.165) is 38.7 Å². The number of guanidine groups is 1. The maximum Gasteiger partial charge on any atom is 0.325 e. The van der Waals surface area contributed by atoms with Crippen LogP contribution in [0.3, 0.4) is 0 Å². The fraction of sp³-hybridized carbons (Fsp3) is 0.688. The molecule has 0 aromatic carbocycles. The molecule has 0 aromatic heterocycles. The Balaban J connectivity index is 1.86. The van der Waals surface area contributed by atoms with Crippen molar-refractivity contribution >= 4 is 29.5 Å². The molecule has 2 saturated heterocycles. The molecule has 3 aliphatic rings. The van der Waals surface area contributed by atoms with Crippen molar-refractivity contribution in [2.24, 2.45) is 4.99 Å². The molecule has 25 heavy (non-hydrogen) atoms.